The molecule has 0 unspecified atom stereocenters. The summed E-state index contributed by atoms with van der Waals surface area (Å²) in [6.07, 6.45) is 0.663. The Labute approximate surface area is 127 Å². The van der Waals surface area contributed by atoms with Gasteiger partial charge in [0.05, 0.1) is 18.8 Å². The summed E-state index contributed by atoms with van der Waals surface area (Å²) < 4.78 is 5.43. The molecular formula is C14H19N3O5. The lowest BCUT2D eigenvalue weighted by atomic mass is 10.3. The lowest BCUT2D eigenvalue weighted by Gasteiger charge is -2.08. The topological polar surface area (TPSA) is 131 Å². The molecule has 0 saturated heterocycles. The maximum Gasteiger partial charge on any atom is 0.322 e. The average molecular weight is 309 g/mol. The Morgan fingerprint density at radius 1 is 1.09 bits per heavy atom. The molecule has 0 fully saturated rings. The number of ether oxygens (including phenoxy) is 1. The van der Waals surface area contributed by atoms with Gasteiger partial charge < -0.3 is 26.2 Å². The molecule has 5 N–H and O–H groups in total. The van der Waals surface area contributed by atoms with Crippen LogP contribution in [0.1, 0.15) is 12.8 Å². The normalized spacial score (nSPS) is 9.82. The summed E-state index contributed by atoms with van der Waals surface area (Å²) in [5.74, 6) is -1.44. The van der Waals surface area contributed by atoms with Crippen molar-refractivity contribution >= 4 is 23.5 Å². The molecule has 1 aromatic rings. The number of amides is 2. The van der Waals surface area contributed by atoms with E-state index >= 15 is 0 Å². The number of hydrogen-bond acceptors (Lipinski definition) is 5. The van der Waals surface area contributed by atoms with Gasteiger partial charge in [-0.25, -0.2) is 0 Å². The van der Waals surface area contributed by atoms with Crippen molar-refractivity contribution in [1.82, 2.24) is 10.6 Å². The number of hydrogen-bond donors (Lipinski definition) is 4. The fourth-order valence-electron chi connectivity index (χ4n) is 1.53. The summed E-state index contributed by atoms with van der Waals surface area (Å²) in [6.45, 7) is -0.396. The standard InChI is InChI=1S/C14H19N3O5/c15-10-4-1-2-5-11(10)22-7-3-6-12(18)16-8-13(19)17-9-14(20)21/h1-2,4-5H,3,6-9,15H2,(H,16,18)(H,17,19)(H,20,21). The van der Waals surface area contributed by atoms with E-state index in [1.807, 2.05) is 0 Å². The van der Waals surface area contributed by atoms with Gasteiger partial charge in [0.15, 0.2) is 0 Å². The second-order valence-corrected chi connectivity index (χ2v) is 4.44. The Kier molecular flexibility index (Phi) is 7.24. The van der Waals surface area contributed by atoms with E-state index in [2.05, 4.69) is 10.6 Å². The molecule has 8 heteroatoms. The van der Waals surface area contributed by atoms with E-state index in [0.29, 0.717) is 24.5 Å². The molecule has 0 aliphatic heterocycles. The molecule has 0 spiro atoms. The molecule has 0 aliphatic rings. The van der Waals surface area contributed by atoms with Gasteiger partial charge in [0, 0.05) is 6.42 Å². The zero-order chi connectivity index (χ0) is 16.4. The summed E-state index contributed by atoms with van der Waals surface area (Å²) in [4.78, 5) is 32.9. The predicted octanol–water partition coefficient (Wildman–Crippen LogP) is -0.255. The number of nitrogen functional groups attached to an aromatic ring is 1. The zero-order valence-corrected chi connectivity index (χ0v) is 12.0. The molecule has 8 nitrogen and oxygen atoms in total. The van der Waals surface area contributed by atoms with Crippen molar-refractivity contribution in [1.29, 1.82) is 0 Å². The highest BCUT2D eigenvalue weighted by Crippen LogP contribution is 2.19. The predicted molar refractivity (Wildman–Crippen MR) is 79.2 cm³/mol. The first-order valence-electron chi connectivity index (χ1n) is 6.71. The van der Waals surface area contributed by atoms with E-state index in [1.54, 1.807) is 24.3 Å². The Morgan fingerprint density at radius 2 is 1.77 bits per heavy atom. The van der Waals surface area contributed by atoms with Gasteiger partial charge in [0.1, 0.15) is 12.3 Å². The van der Waals surface area contributed by atoms with Gasteiger partial charge in [0.2, 0.25) is 11.8 Å². The van der Waals surface area contributed by atoms with Crippen molar-refractivity contribution in [2.24, 2.45) is 0 Å². The molecule has 120 valence electrons. The van der Waals surface area contributed by atoms with E-state index < -0.39 is 18.4 Å². The first-order chi connectivity index (χ1) is 10.5. The van der Waals surface area contributed by atoms with Crippen molar-refractivity contribution in [2.45, 2.75) is 12.8 Å². The number of aliphatic carboxylic acids is 1. The molecule has 1 rings (SSSR count). The van der Waals surface area contributed by atoms with Crippen molar-refractivity contribution < 1.29 is 24.2 Å². The molecule has 0 radical (unpaired) electrons. The number of anilines is 1. The van der Waals surface area contributed by atoms with Gasteiger partial charge >= 0.3 is 5.97 Å². The third-order valence-electron chi connectivity index (χ3n) is 2.61. The minimum atomic E-state index is -1.14. The first kappa shape index (κ1) is 17.3. The van der Waals surface area contributed by atoms with Crippen LogP contribution in [-0.4, -0.2) is 42.6 Å². The third kappa shape index (κ3) is 7.13. The van der Waals surface area contributed by atoms with Gasteiger partial charge in [-0.2, -0.15) is 0 Å². The molecule has 0 heterocycles. The highest BCUT2D eigenvalue weighted by molar-refractivity contribution is 5.86. The second kappa shape index (κ2) is 9.22. The van der Waals surface area contributed by atoms with Crippen LogP contribution >= 0.6 is 0 Å². The number of para-hydroxylation sites is 2. The SMILES string of the molecule is Nc1ccccc1OCCCC(=O)NCC(=O)NCC(=O)O. The lowest BCUT2D eigenvalue weighted by Crippen LogP contribution is -2.39. The summed E-state index contributed by atoms with van der Waals surface area (Å²) in [7, 11) is 0. The molecule has 1 aromatic carbocycles. The van der Waals surface area contributed by atoms with E-state index in [0.717, 1.165) is 0 Å². The van der Waals surface area contributed by atoms with E-state index in [4.69, 9.17) is 15.6 Å². The van der Waals surface area contributed by atoms with Crippen LogP contribution < -0.4 is 21.1 Å². The van der Waals surface area contributed by atoms with Crippen LogP contribution in [-0.2, 0) is 14.4 Å². The van der Waals surface area contributed by atoms with Gasteiger partial charge in [0.25, 0.3) is 0 Å². The fourth-order valence-corrected chi connectivity index (χ4v) is 1.53. The average Bonchev–Trinajstić information content (AvgIpc) is 2.49. The minimum Gasteiger partial charge on any atom is -0.491 e. The zero-order valence-electron chi connectivity index (χ0n) is 12.0. The van der Waals surface area contributed by atoms with Crippen LogP contribution in [0.15, 0.2) is 24.3 Å². The van der Waals surface area contributed by atoms with E-state index in [1.165, 1.54) is 0 Å². The quantitative estimate of drug-likeness (QED) is 0.367. The largest absolute Gasteiger partial charge is 0.491 e. The number of carbonyl (C=O) groups excluding carboxylic acids is 2. The highest BCUT2D eigenvalue weighted by atomic mass is 16.5. The number of carboxylic acid groups (broad SMARTS) is 1. The Hall–Kier alpha value is -2.77. The Bertz CT molecular complexity index is 533. The number of nitrogens with two attached hydrogens (primary N) is 1. The molecule has 2 amide bonds. The first-order valence-corrected chi connectivity index (χ1v) is 6.71. The highest BCUT2D eigenvalue weighted by Gasteiger charge is 2.07. The Balaban J connectivity index is 2.12. The molecule has 0 atom stereocenters. The van der Waals surface area contributed by atoms with E-state index in [9.17, 15) is 14.4 Å². The molecule has 0 bridgehead atoms. The van der Waals surface area contributed by atoms with Crippen LogP contribution in [0, 0.1) is 0 Å². The summed E-state index contributed by atoms with van der Waals surface area (Å²) in [5, 5.41) is 12.9. The number of nitrogens with one attached hydrogen (secondary N) is 2. The van der Waals surface area contributed by atoms with Gasteiger partial charge in [-0.05, 0) is 18.6 Å². The van der Waals surface area contributed by atoms with Crippen LogP contribution in [0.4, 0.5) is 5.69 Å². The molecular weight excluding hydrogens is 290 g/mol. The molecule has 0 aromatic heterocycles. The summed E-state index contributed by atoms with van der Waals surface area (Å²) in [6, 6.07) is 7.05. The monoisotopic (exact) mass is 309 g/mol. The molecule has 0 saturated carbocycles. The van der Waals surface area contributed by atoms with Gasteiger partial charge in [-0.1, -0.05) is 12.1 Å². The van der Waals surface area contributed by atoms with Crippen molar-refractivity contribution in [3.63, 3.8) is 0 Å². The Morgan fingerprint density at radius 3 is 2.45 bits per heavy atom. The maximum atomic E-state index is 11.5. The van der Waals surface area contributed by atoms with Crippen molar-refractivity contribution in [3.8, 4) is 5.75 Å². The number of rotatable bonds is 9. The third-order valence-corrected chi connectivity index (χ3v) is 2.61. The van der Waals surface area contributed by atoms with Gasteiger partial charge in [-0.15, -0.1) is 0 Å². The van der Waals surface area contributed by atoms with Crippen molar-refractivity contribution in [3.05, 3.63) is 24.3 Å². The molecule has 0 aliphatic carbocycles. The molecule has 22 heavy (non-hydrogen) atoms. The van der Waals surface area contributed by atoms with Crippen LogP contribution in [0.5, 0.6) is 5.75 Å². The van der Waals surface area contributed by atoms with Crippen LogP contribution in [0.25, 0.3) is 0 Å². The lowest BCUT2D eigenvalue weighted by molar-refractivity contribution is -0.137. The maximum absolute atomic E-state index is 11.5. The number of carbonyl (C=O) groups is 3. The van der Waals surface area contributed by atoms with E-state index in [-0.39, 0.29) is 18.9 Å². The summed E-state index contributed by atoms with van der Waals surface area (Å²) >= 11 is 0. The number of carboxylic acids is 1. The van der Waals surface area contributed by atoms with Gasteiger partial charge in [-0.3, -0.25) is 14.4 Å². The summed E-state index contributed by atoms with van der Waals surface area (Å²) in [5.41, 5.74) is 6.23. The van der Waals surface area contributed by atoms with Crippen LogP contribution in [0.2, 0.25) is 0 Å². The number of benzene rings is 1. The minimum absolute atomic E-state index is 0.193. The smallest absolute Gasteiger partial charge is 0.322 e. The van der Waals surface area contributed by atoms with Crippen LogP contribution in [0.3, 0.4) is 0 Å². The fraction of sp³-hybridized carbons (Fsp3) is 0.357. The van der Waals surface area contributed by atoms with Crippen molar-refractivity contribution in [2.75, 3.05) is 25.4 Å². The second-order valence-electron chi connectivity index (χ2n) is 4.44.